The third-order valence-electron chi connectivity index (χ3n) is 2.04. The van der Waals surface area contributed by atoms with Crippen LogP contribution in [0.3, 0.4) is 0 Å². The van der Waals surface area contributed by atoms with E-state index in [0.29, 0.717) is 0 Å². The Balaban J connectivity index is 2.81. The molecule has 2 aromatic carbocycles. The molecular weight excluding hydrogens is 122 g/mol. The standard InChI is InChI=1S/C9H5N/c1-2-6-5-10-9-4-8(6)7(9)3-1/h1-5H. The van der Waals surface area contributed by atoms with Gasteiger partial charge in [0.1, 0.15) is 0 Å². The van der Waals surface area contributed by atoms with E-state index in [9.17, 15) is 0 Å². The second-order valence-electron chi connectivity index (χ2n) is 2.60. The fraction of sp³-hybridized carbons (Fsp3) is 0. The number of hydrogen-bond donors (Lipinski definition) is 0. The van der Waals surface area contributed by atoms with E-state index < -0.39 is 0 Å². The molecular formula is C9H5N. The van der Waals surface area contributed by atoms with Crippen LogP contribution >= 0.6 is 0 Å². The minimum Gasteiger partial charge on any atom is -0.256 e. The fourth-order valence-electron chi connectivity index (χ4n) is 1.46. The number of benzene rings is 1. The molecule has 0 saturated carbocycles. The molecule has 2 heterocycles. The van der Waals surface area contributed by atoms with Gasteiger partial charge in [0.15, 0.2) is 0 Å². The Morgan fingerprint density at radius 3 is 2.80 bits per heavy atom. The summed E-state index contributed by atoms with van der Waals surface area (Å²) in [7, 11) is 0. The number of fused-ring (bicyclic) bond motifs is 1. The number of pyridine rings is 2. The number of rotatable bonds is 0. The van der Waals surface area contributed by atoms with Gasteiger partial charge in [0.2, 0.25) is 0 Å². The van der Waals surface area contributed by atoms with E-state index in [1.165, 1.54) is 16.2 Å². The smallest absolute Gasteiger partial charge is 0.0714 e. The van der Waals surface area contributed by atoms with Crippen molar-refractivity contribution < 1.29 is 0 Å². The normalized spacial score (nSPS) is 12.0. The first-order valence-electron chi connectivity index (χ1n) is 3.34. The first kappa shape index (κ1) is 4.45. The van der Waals surface area contributed by atoms with Crippen LogP contribution in [0, 0.1) is 0 Å². The van der Waals surface area contributed by atoms with Gasteiger partial charge in [-0.2, -0.15) is 0 Å². The Morgan fingerprint density at radius 2 is 2.10 bits per heavy atom. The summed E-state index contributed by atoms with van der Waals surface area (Å²) < 4.78 is 0. The molecule has 4 bridgehead atoms. The van der Waals surface area contributed by atoms with Crippen LogP contribution in [0.25, 0.3) is 21.7 Å². The third kappa shape index (κ3) is 0.320. The molecule has 0 N–H and O–H groups in total. The molecule has 1 nitrogen and oxygen atoms in total. The van der Waals surface area contributed by atoms with E-state index in [-0.39, 0.29) is 0 Å². The summed E-state index contributed by atoms with van der Waals surface area (Å²) in [5.41, 5.74) is 1.14. The average Bonchev–Trinajstić information content (AvgIpc) is 1.96. The van der Waals surface area contributed by atoms with E-state index in [2.05, 4.69) is 29.2 Å². The lowest BCUT2D eigenvalue weighted by Crippen LogP contribution is -1.86. The topological polar surface area (TPSA) is 12.9 Å². The Morgan fingerprint density at radius 1 is 1.10 bits per heavy atom. The highest BCUT2D eigenvalue weighted by atomic mass is 14.7. The molecule has 0 spiro atoms. The summed E-state index contributed by atoms with van der Waals surface area (Å²) in [5.74, 6) is 0. The lowest BCUT2D eigenvalue weighted by molar-refractivity contribution is 1.43. The van der Waals surface area contributed by atoms with Crippen molar-refractivity contribution in [2.75, 3.05) is 0 Å². The molecule has 4 aromatic rings. The van der Waals surface area contributed by atoms with E-state index in [0.717, 1.165) is 5.52 Å². The van der Waals surface area contributed by atoms with Crippen LogP contribution in [-0.4, -0.2) is 4.98 Å². The van der Waals surface area contributed by atoms with Crippen molar-refractivity contribution >= 4 is 21.7 Å². The Labute approximate surface area is 58.0 Å². The predicted molar refractivity (Wildman–Crippen MR) is 41.6 cm³/mol. The van der Waals surface area contributed by atoms with Crippen molar-refractivity contribution in [2.45, 2.75) is 0 Å². The maximum Gasteiger partial charge on any atom is 0.0714 e. The third-order valence-corrected chi connectivity index (χ3v) is 2.04. The zero-order valence-corrected chi connectivity index (χ0v) is 5.33. The Hall–Kier alpha value is -1.37. The van der Waals surface area contributed by atoms with Crippen molar-refractivity contribution in [1.29, 1.82) is 0 Å². The summed E-state index contributed by atoms with van der Waals surface area (Å²) in [5, 5.41) is 3.94. The van der Waals surface area contributed by atoms with Crippen molar-refractivity contribution in [3.63, 3.8) is 0 Å². The van der Waals surface area contributed by atoms with Gasteiger partial charge in [-0.25, -0.2) is 0 Å². The summed E-state index contributed by atoms with van der Waals surface area (Å²) >= 11 is 0. The maximum atomic E-state index is 4.24. The van der Waals surface area contributed by atoms with E-state index in [1.807, 2.05) is 6.20 Å². The molecule has 0 saturated heterocycles. The van der Waals surface area contributed by atoms with Crippen molar-refractivity contribution in [3.8, 4) is 0 Å². The van der Waals surface area contributed by atoms with Crippen LogP contribution in [0.1, 0.15) is 0 Å². The van der Waals surface area contributed by atoms with Gasteiger partial charge in [-0.15, -0.1) is 0 Å². The molecule has 0 amide bonds. The van der Waals surface area contributed by atoms with Gasteiger partial charge >= 0.3 is 0 Å². The lowest BCUT2D eigenvalue weighted by Gasteiger charge is -2.08. The predicted octanol–water partition coefficient (Wildman–Crippen LogP) is 2.26. The van der Waals surface area contributed by atoms with Gasteiger partial charge < -0.3 is 0 Å². The number of hydrogen-bond acceptors (Lipinski definition) is 1. The first-order chi connectivity index (χ1) is 4.95. The molecule has 0 fully saturated rings. The quantitative estimate of drug-likeness (QED) is 0.451. The lowest BCUT2D eigenvalue weighted by atomic mass is 10.0. The van der Waals surface area contributed by atoms with Crippen LogP contribution in [0.2, 0.25) is 0 Å². The highest BCUT2D eigenvalue weighted by molar-refractivity contribution is 6.14. The van der Waals surface area contributed by atoms with Gasteiger partial charge in [-0.05, 0) is 11.5 Å². The molecule has 0 radical (unpaired) electrons. The van der Waals surface area contributed by atoms with E-state index in [4.69, 9.17) is 0 Å². The van der Waals surface area contributed by atoms with Crippen molar-refractivity contribution in [1.82, 2.24) is 4.98 Å². The van der Waals surface area contributed by atoms with E-state index in [1.54, 1.807) is 0 Å². The van der Waals surface area contributed by atoms with Crippen LogP contribution in [0.4, 0.5) is 0 Å². The second kappa shape index (κ2) is 1.21. The molecule has 4 rings (SSSR count). The van der Waals surface area contributed by atoms with Crippen molar-refractivity contribution in [2.24, 2.45) is 0 Å². The minimum absolute atomic E-state index is 1.14. The molecule has 46 valence electrons. The summed E-state index contributed by atoms with van der Waals surface area (Å²) in [4.78, 5) is 4.24. The van der Waals surface area contributed by atoms with Crippen LogP contribution in [0.5, 0.6) is 0 Å². The number of nitrogens with zero attached hydrogens (tertiary/aromatic N) is 1. The highest BCUT2D eigenvalue weighted by Gasteiger charge is 2.06. The van der Waals surface area contributed by atoms with Crippen LogP contribution in [0.15, 0.2) is 30.5 Å². The molecule has 0 atom stereocenters. The first-order valence-corrected chi connectivity index (χ1v) is 3.34. The maximum absolute atomic E-state index is 4.24. The van der Waals surface area contributed by atoms with Gasteiger partial charge in [0, 0.05) is 17.0 Å². The largest absolute Gasteiger partial charge is 0.256 e. The monoisotopic (exact) mass is 127 g/mol. The second-order valence-corrected chi connectivity index (χ2v) is 2.60. The SMILES string of the molecule is c1cc2cnc3cc2c3c1. The van der Waals surface area contributed by atoms with Crippen LogP contribution < -0.4 is 0 Å². The molecule has 1 heteroatoms. The molecule has 10 heavy (non-hydrogen) atoms. The van der Waals surface area contributed by atoms with Crippen LogP contribution in [-0.2, 0) is 0 Å². The molecule has 0 unspecified atom stereocenters. The minimum atomic E-state index is 1.14. The summed E-state index contributed by atoms with van der Waals surface area (Å²) in [6, 6.07) is 8.41. The van der Waals surface area contributed by atoms with Gasteiger partial charge in [0.05, 0.1) is 5.52 Å². The van der Waals surface area contributed by atoms with Crippen molar-refractivity contribution in [3.05, 3.63) is 30.5 Å². The molecule has 0 aliphatic heterocycles. The van der Waals surface area contributed by atoms with Gasteiger partial charge in [0.25, 0.3) is 0 Å². The zero-order valence-electron chi connectivity index (χ0n) is 5.33. The fourth-order valence-corrected chi connectivity index (χ4v) is 1.46. The summed E-state index contributed by atoms with van der Waals surface area (Å²) in [6.07, 6.45) is 1.93. The zero-order chi connectivity index (χ0) is 6.55. The van der Waals surface area contributed by atoms with E-state index >= 15 is 0 Å². The van der Waals surface area contributed by atoms with Gasteiger partial charge in [-0.3, -0.25) is 4.98 Å². The highest BCUT2D eigenvalue weighted by Crippen LogP contribution is 2.30. The Bertz CT molecular complexity index is 418. The molecule has 0 aliphatic carbocycles. The van der Waals surface area contributed by atoms with Gasteiger partial charge in [-0.1, -0.05) is 18.2 Å². The number of aromatic nitrogens is 1. The Kier molecular flexibility index (Phi) is 0.539. The molecule has 0 aliphatic rings. The summed E-state index contributed by atoms with van der Waals surface area (Å²) in [6.45, 7) is 0. The average molecular weight is 127 g/mol. The molecule has 2 aromatic heterocycles.